The van der Waals surface area contributed by atoms with Crippen molar-refractivity contribution in [2.75, 3.05) is 17.1 Å². The molecule has 0 aliphatic heterocycles. The minimum Gasteiger partial charge on any atom is -0.352 e. The van der Waals surface area contributed by atoms with Crippen LogP contribution >= 0.6 is 23.2 Å². The van der Waals surface area contributed by atoms with Gasteiger partial charge in [0.2, 0.25) is 21.8 Å². The van der Waals surface area contributed by atoms with Crippen LogP contribution < -0.4 is 9.62 Å². The zero-order valence-electron chi connectivity index (χ0n) is 22.5. The van der Waals surface area contributed by atoms with Crippen molar-refractivity contribution in [1.29, 1.82) is 0 Å². The molecule has 0 saturated carbocycles. The summed E-state index contributed by atoms with van der Waals surface area (Å²) in [7, 11) is -3.82. The maximum Gasteiger partial charge on any atom is 0.244 e. The molecule has 0 bridgehead atoms. The lowest BCUT2D eigenvalue weighted by molar-refractivity contribution is -0.139. The number of benzene rings is 2. The number of amides is 2. The Kier molecular flexibility index (Phi) is 10.5. The minimum absolute atomic E-state index is 0.0625. The molecule has 0 spiro atoms. The Bertz CT molecular complexity index is 1190. The summed E-state index contributed by atoms with van der Waals surface area (Å²) in [4.78, 5) is 28.0. The lowest BCUT2D eigenvalue weighted by atomic mass is 9.87. The lowest BCUT2D eigenvalue weighted by Gasteiger charge is -2.32. The highest BCUT2D eigenvalue weighted by Gasteiger charge is 2.31. The van der Waals surface area contributed by atoms with E-state index in [1.54, 1.807) is 37.3 Å². The van der Waals surface area contributed by atoms with Gasteiger partial charge >= 0.3 is 0 Å². The average Bonchev–Trinajstić information content (AvgIpc) is 2.80. The van der Waals surface area contributed by atoms with Crippen LogP contribution in [0.4, 0.5) is 5.69 Å². The number of halogens is 2. The van der Waals surface area contributed by atoms with Gasteiger partial charge in [-0.15, -0.1) is 0 Å². The Morgan fingerprint density at radius 1 is 1.00 bits per heavy atom. The van der Waals surface area contributed by atoms with E-state index in [1.807, 2.05) is 26.0 Å². The topological polar surface area (TPSA) is 86.8 Å². The molecule has 1 N–H and O–H groups in total. The Morgan fingerprint density at radius 3 is 2.00 bits per heavy atom. The molecular weight excluding hydrogens is 533 g/mol. The molecule has 0 aliphatic carbocycles. The lowest BCUT2D eigenvalue weighted by Crippen LogP contribution is -2.52. The zero-order valence-corrected chi connectivity index (χ0v) is 24.8. The monoisotopic (exact) mass is 569 g/mol. The number of nitrogens with one attached hydrogen (secondary N) is 1. The standard InChI is InChI=1S/C27H37Cl2N3O4S/c1-8-18(2)30-26(34)19(3)31(16-22-23(28)10-9-11-24(22)29)25(33)17-32(37(7,35)36)21-14-12-20(13-15-21)27(4,5)6/h9-15,18-19H,8,16-17H2,1-7H3,(H,30,34)/t18-,19-/m1/s1. The average molecular weight is 571 g/mol. The Labute approximate surface area is 231 Å². The number of sulfonamides is 1. The van der Waals surface area contributed by atoms with Gasteiger partial charge in [0.1, 0.15) is 12.6 Å². The molecule has 0 aliphatic rings. The molecule has 0 unspecified atom stereocenters. The zero-order chi connectivity index (χ0) is 28.1. The van der Waals surface area contributed by atoms with Crippen molar-refractivity contribution < 1.29 is 18.0 Å². The van der Waals surface area contributed by atoms with Crippen molar-refractivity contribution in [1.82, 2.24) is 10.2 Å². The van der Waals surface area contributed by atoms with Crippen molar-refractivity contribution in [3.8, 4) is 0 Å². The number of carbonyl (C=O) groups is 2. The second kappa shape index (κ2) is 12.5. The summed E-state index contributed by atoms with van der Waals surface area (Å²) in [6.07, 6.45) is 1.77. The molecule has 2 aromatic carbocycles. The summed E-state index contributed by atoms with van der Waals surface area (Å²) in [5.41, 5.74) is 1.74. The maximum absolute atomic E-state index is 13.7. The maximum atomic E-state index is 13.7. The van der Waals surface area contributed by atoms with E-state index in [1.165, 1.54) is 4.90 Å². The number of carbonyl (C=O) groups excluding carboxylic acids is 2. The van der Waals surface area contributed by atoms with Crippen LogP contribution in [0.1, 0.15) is 59.1 Å². The molecule has 2 aromatic rings. The highest BCUT2D eigenvalue weighted by Crippen LogP contribution is 2.28. The van der Waals surface area contributed by atoms with E-state index in [2.05, 4.69) is 26.1 Å². The molecule has 204 valence electrons. The first-order valence-electron chi connectivity index (χ1n) is 12.2. The summed E-state index contributed by atoms with van der Waals surface area (Å²) in [6.45, 7) is 11.0. The summed E-state index contributed by atoms with van der Waals surface area (Å²) in [5.74, 6) is -0.917. The first-order chi connectivity index (χ1) is 17.1. The molecule has 2 rings (SSSR count). The molecule has 0 radical (unpaired) electrons. The van der Waals surface area contributed by atoms with Crippen LogP contribution in [0.2, 0.25) is 10.0 Å². The largest absolute Gasteiger partial charge is 0.352 e. The highest BCUT2D eigenvalue weighted by molar-refractivity contribution is 7.92. The van der Waals surface area contributed by atoms with E-state index in [0.29, 0.717) is 21.3 Å². The molecule has 2 amide bonds. The number of nitrogens with zero attached hydrogens (tertiary/aromatic N) is 2. The van der Waals surface area contributed by atoms with Crippen LogP contribution in [0.3, 0.4) is 0 Å². The Morgan fingerprint density at radius 2 is 1.54 bits per heavy atom. The second-order valence-electron chi connectivity index (χ2n) is 10.3. The third-order valence-electron chi connectivity index (χ3n) is 6.26. The van der Waals surface area contributed by atoms with Crippen molar-refractivity contribution in [2.45, 2.75) is 72.0 Å². The van der Waals surface area contributed by atoms with Gasteiger partial charge in [0, 0.05) is 28.2 Å². The van der Waals surface area contributed by atoms with E-state index in [0.717, 1.165) is 22.5 Å². The minimum atomic E-state index is -3.82. The van der Waals surface area contributed by atoms with Crippen LogP contribution in [0.5, 0.6) is 0 Å². The van der Waals surface area contributed by atoms with Gasteiger partial charge in [-0.25, -0.2) is 8.42 Å². The van der Waals surface area contributed by atoms with Crippen LogP contribution in [0.15, 0.2) is 42.5 Å². The fraction of sp³-hybridized carbons (Fsp3) is 0.481. The molecule has 0 heterocycles. The number of hydrogen-bond acceptors (Lipinski definition) is 4. The molecule has 37 heavy (non-hydrogen) atoms. The molecule has 0 aromatic heterocycles. The number of anilines is 1. The van der Waals surface area contributed by atoms with Crippen molar-refractivity contribution >= 4 is 50.7 Å². The Balaban J connectivity index is 2.46. The van der Waals surface area contributed by atoms with Gasteiger partial charge < -0.3 is 10.2 Å². The molecule has 0 saturated heterocycles. The van der Waals surface area contributed by atoms with Gasteiger partial charge in [-0.3, -0.25) is 13.9 Å². The van der Waals surface area contributed by atoms with E-state index < -0.39 is 28.5 Å². The summed E-state index contributed by atoms with van der Waals surface area (Å²) < 4.78 is 26.6. The first-order valence-corrected chi connectivity index (χ1v) is 14.8. The summed E-state index contributed by atoms with van der Waals surface area (Å²) in [5, 5.41) is 3.57. The third kappa shape index (κ3) is 8.35. The normalized spacial score (nSPS) is 13.5. The van der Waals surface area contributed by atoms with Gasteiger partial charge in [-0.1, -0.05) is 69.1 Å². The molecule has 10 heteroatoms. The van der Waals surface area contributed by atoms with Gasteiger partial charge in [-0.2, -0.15) is 0 Å². The fourth-order valence-corrected chi connectivity index (χ4v) is 5.01. The number of hydrogen-bond donors (Lipinski definition) is 1. The van der Waals surface area contributed by atoms with Gasteiger partial charge in [0.15, 0.2) is 0 Å². The fourth-order valence-electron chi connectivity index (χ4n) is 3.64. The highest BCUT2D eigenvalue weighted by atomic mass is 35.5. The van der Waals surface area contributed by atoms with Gasteiger partial charge in [0.25, 0.3) is 0 Å². The van der Waals surface area contributed by atoms with Crippen molar-refractivity contribution in [3.05, 3.63) is 63.6 Å². The van der Waals surface area contributed by atoms with E-state index >= 15 is 0 Å². The quantitative estimate of drug-likeness (QED) is 0.415. The van der Waals surface area contributed by atoms with Crippen LogP contribution in [0, 0.1) is 0 Å². The molecule has 0 fully saturated rings. The van der Waals surface area contributed by atoms with E-state index in [-0.39, 0.29) is 23.9 Å². The van der Waals surface area contributed by atoms with E-state index in [9.17, 15) is 18.0 Å². The summed E-state index contributed by atoms with van der Waals surface area (Å²) in [6, 6.07) is 11.0. The number of rotatable bonds is 10. The van der Waals surface area contributed by atoms with Crippen LogP contribution in [-0.4, -0.2) is 50.0 Å². The van der Waals surface area contributed by atoms with Crippen LogP contribution in [-0.2, 0) is 31.6 Å². The van der Waals surface area contributed by atoms with Crippen molar-refractivity contribution in [2.24, 2.45) is 0 Å². The first kappa shape index (κ1) is 30.9. The van der Waals surface area contributed by atoms with Gasteiger partial charge in [-0.05, 0) is 55.5 Å². The van der Waals surface area contributed by atoms with Gasteiger partial charge in [0.05, 0.1) is 11.9 Å². The van der Waals surface area contributed by atoms with Crippen molar-refractivity contribution in [3.63, 3.8) is 0 Å². The van der Waals surface area contributed by atoms with E-state index in [4.69, 9.17) is 23.2 Å². The predicted molar refractivity (Wildman–Crippen MR) is 152 cm³/mol. The second-order valence-corrected chi connectivity index (χ2v) is 13.0. The Hall–Kier alpha value is -2.29. The molecule has 7 nitrogen and oxygen atoms in total. The third-order valence-corrected chi connectivity index (χ3v) is 8.11. The molecular formula is C27H37Cl2N3O4S. The summed E-state index contributed by atoms with van der Waals surface area (Å²) >= 11 is 12.7. The predicted octanol–water partition coefficient (Wildman–Crippen LogP) is 5.39. The SMILES string of the molecule is CC[C@@H](C)NC(=O)[C@@H](C)N(Cc1c(Cl)cccc1Cl)C(=O)CN(c1ccc(C(C)(C)C)cc1)S(C)(=O)=O. The smallest absolute Gasteiger partial charge is 0.244 e. The molecule has 2 atom stereocenters. The van der Waals surface area contributed by atoms with Crippen LogP contribution in [0.25, 0.3) is 0 Å².